The summed E-state index contributed by atoms with van der Waals surface area (Å²) in [5.41, 5.74) is 6.82. The summed E-state index contributed by atoms with van der Waals surface area (Å²) in [7, 11) is 0. The lowest BCUT2D eigenvalue weighted by Crippen LogP contribution is -2.41. The fourth-order valence-electron chi connectivity index (χ4n) is 1.62. The van der Waals surface area contributed by atoms with Crippen LogP contribution >= 0.6 is 0 Å². The fraction of sp³-hybridized carbons (Fsp3) is 0.500. The molecule has 0 saturated heterocycles. The van der Waals surface area contributed by atoms with Gasteiger partial charge in [-0.1, -0.05) is 30.3 Å². The minimum Gasteiger partial charge on any atom is -0.352 e. The zero-order chi connectivity index (χ0) is 10.5. The van der Waals surface area contributed by atoms with E-state index >= 15 is 0 Å². The number of hydrogen-bond donors (Lipinski definition) is 1. The Balaban J connectivity index is 1.56. The molecule has 0 unspecified atom stereocenters. The predicted octanol–water partition coefficient (Wildman–Crippen LogP) is 1.67. The quantitative estimate of drug-likeness (QED) is 0.590. The first-order valence-corrected chi connectivity index (χ1v) is 5.33. The predicted molar refractivity (Wildman–Crippen MR) is 58.2 cm³/mol. The van der Waals surface area contributed by atoms with Crippen LogP contribution < -0.4 is 5.73 Å². The molecule has 2 rings (SSSR count). The lowest BCUT2D eigenvalue weighted by atomic mass is 9.90. The third-order valence-electron chi connectivity index (χ3n) is 2.63. The highest BCUT2D eigenvalue weighted by molar-refractivity contribution is 5.13. The summed E-state index contributed by atoms with van der Waals surface area (Å²) in [6, 6.07) is 10.4. The maximum Gasteiger partial charge on any atom is 0.147 e. The molecule has 1 aliphatic rings. The van der Waals surface area contributed by atoms with E-state index in [1.54, 1.807) is 0 Å². The Hall–Kier alpha value is -0.900. The van der Waals surface area contributed by atoms with Gasteiger partial charge in [0.05, 0.1) is 12.7 Å². The van der Waals surface area contributed by atoms with Gasteiger partial charge in [0.15, 0.2) is 0 Å². The molecule has 15 heavy (non-hydrogen) atoms. The summed E-state index contributed by atoms with van der Waals surface area (Å²) >= 11 is 0. The van der Waals surface area contributed by atoms with Crippen molar-refractivity contribution in [3.63, 3.8) is 0 Å². The summed E-state index contributed by atoms with van der Waals surface area (Å²) in [6.45, 7) is 0.978. The Morgan fingerprint density at radius 2 is 1.93 bits per heavy atom. The molecule has 0 amide bonds. The van der Waals surface area contributed by atoms with Crippen LogP contribution in [0.2, 0.25) is 0 Å². The fourth-order valence-corrected chi connectivity index (χ4v) is 1.62. The van der Waals surface area contributed by atoms with Gasteiger partial charge in [0.2, 0.25) is 0 Å². The molecule has 1 aliphatic carbocycles. The van der Waals surface area contributed by atoms with Crippen molar-refractivity contribution in [3.05, 3.63) is 35.9 Å². The molecule has 1 aromatic carbocycles. The van der Waals surface area contributed by atoms with Gasteiger partial charge in [0.1, 0.15) is 6.79 Å². The summed E-state index contributed by atoms with van der Waals surface area (Å²) in [5.74, 6) is 0. The Morgan fingerprint density at radius 1 is 1.20 bits per heavy atom. The van der Waals surface area contributed by atoms with E-state index in [1.165, 1.54) is 5.56 Å². The maximum absolute atomic E-state index is 5.64. The lowest BCUT2D eigenvalue weighted by Gasteiger charge is -2.31. The summed E-state index contributed by atoms with van der Waals surface area (Å²) in [5, 5.41) is 0. The van der Waals surface area contributed by atoms with Crippen molar-refractivity contribution < 1.29 is 9.47 Å². The number of nitrogens with two attached hydrogens (primary N) is 1. The zero-order valence-corrected chi connectivity index (χ0v) is 8.76. The van der Waals surface area contributed by atoms with Crippen LogP contribution in [0.1, 0.15) is 18.4 Å². The summed E-state index contributed by atoms with van der Waals surface area (Å²) in [6.07, 6.45) is 2.25. The largest absolute Gasteiger partial charge is 0.352 e. The van der Waals surface area contributed by atoms with Crippen molar-refractivity contribution in [2.45, 2.75) is 31.6 Å². The van der Waals surface area contributed by atoms with Crippen LogP contribution in [-0.2, 0) is 16.1 Å². The van der Waals surface area contributed by atoms with E-state index in [0.717, 1.165) is 12.8 Å². The number of hydrogen-bond acceptors (Lipinski definition) is 3. The highest BCUT2D eigenvalue weighted by atomic mass is 16.7. The van der Waals surface area contributed by atoms with Crippen molar-refractivity contribution >= 4 is 0 Å². The maximum atomic E-state index is 5.64. The number of benzene rings is 1. The molecule has 0 atom stereocenters. The zero-order valence-electron chi connectivity index (χ0n) is 8.76. The van der Waals surface area contributed by atoms with Crippen molar-refractivity contribution in [3.8, 4) is 0 Å². The molecular formula is C12H17NO2. The minimum absolute atomic E-state index is 0.316. The molecular weight excluding hydrogens is 190 g/mol. The lowest BCUT2D eigenvalue weighted by molar-refractivity contribution is -0.121. The highest BCUT2D eigenvalue weighted by Gasteiger charge is 2.26. The molecule has 2 N–H and O–H groups in total. The van der Waals surface area contributed by atoms with Gasteiger partial charge in [0, 0.05) is 6.04 Å². The Bertz CT molecular complexity index is 283. The van der Waals surface area contributed by atoms with Gasteiger partial charge >= 0.3 is 0 Å². The second kappa shape index (κ2) is 5.26. The summed E-state index contributed by atoms with van der Waals surface area (Å²) in [4.78, 5) is 0. The van der Waals surface area contributed by atoms with Gasteiger partial charge < -0.3 is 15.2 Å². The Labute approximate surface area is 90.2 Å². The van der Waals surface area contributed by atoms with Crippen LogP contribution in [0.15, 0.2) is 30.3 Å². The van der Waals surface area contributed by atoms with Gasteiger partial charge in [-0.2, -0.15) is 0 Å². The molecule has 3 nitrogen and oxygen atoms in total. The molecule has 82 valence electrons. The topological polar surface area (TPSA) is 44.5 Å². The average Bonchev–Trinajstić information content (AvgIpc) is 2.23. The van der Waals surface area contributed by atoms with E-state index in [4.69, 9.17) is 15.2 Å². The number of ether oxygens (including phenoxy) is 2. The first-order valence-electron chi connectivity index (χ1n) is 5.33. The Kier molecular flexibility index (Phi) is 3.72. The van der Waals surface area contributed by atoms with Gasteiger partial charge in [-0.25, -0.2) is 0 Å². The van der Waals surface area contributed by atoms with Crippen LogP contribution in [-0.4, -0.2) is 18.9 Å². The Morgan fingerprint density at radius 3 is 2.60 bits per heavy atom. The third kappa shape index (κ3) is 3.30. The van der Waals surface area contributed by atoms with E-state index in [0.29, 0.717) is 25.5 Å². The van der Waals surface area contributed by atoms with Crippen molar-refractivity contribution in [1.29, 1.82) is 0 Å². The molecule has 0 aliphatic heterocycles. The number of rotatable bonds is 5. The molecule has 1 aromatic rings. The van der Waals surface area contributed by atoms with Gasteiger partial charge in [-0.15, -0.1) is 0 Å². The van der Waals surface area contributed by atoms with Crippen LogP contribution in [0.4, 0.5) is 0 Å². The third-order valence-corrected chi connectivity index (χ3v) is 2.63. The molecule has 1 saturated carbocycles. The highest BCUT2D eigenvalue weighted by Crippen LogP contribution is 2.20. The van der Waals surface area contributed by atoms with Crippen molar-refractivity contribution in [2.75, 3.05) is 6.79 Å². The van der Waals surface area contributed by atoms with E-state index in [-0.39, 0.29) is 0 Å². The normalized spacial score (nSPS) is 24.9. The molecule has 0 bridgehead atoms. The monoisotopic (exact) mass is 207 g/mol. The molecule has 1 fully saturated rings. The van der Waals surface area contributed by atoms with Crippen LogP contribution in [0.3, 0.4) is 0 Å². The second-order valence-corrected chi connectivity index (χ2v) is 3.97. The molecule has 0 radical (unpaired) electrons. The molecule has 0 heterocycles. The first-order chi connectivity index (χ1) is 7.34. The van der Waals surface area contributed by atoms with Crippen LogP contribution in [0.5, 0.6) is 0 Å². The average molecular weight is 207 g/mol. The first kappa shape index (κ1) is 10.6. The SMILES string of the molecule is NC1CC(OCOCc2ccccc2)C1. The molecule has 0 aromatic heterocycles. The smallest absolute Gasteiger partial charge is 0.147 e. The van der Waals surface area contributed by atoms with Crippen molar-refractivity contribution in [1.82, 2.24) is 0 Å². The standard InChI is InChI=1S/C12H17NO2/c13-11-6-12(7-11)15-9-14-8-10-4-2-1-3-5-10/h1-5,11-12H,6-9,13H2. The minimum atomic E-state index is 0.316. The van der Waals surface area contributed by atoms with E-state index in [1.807, 2.05) is 30.3 Å². The molecule has 0 spiro atoms. The van der Waals surface area contributed by atoms with Crippen LogP contribution in [0, 0.1) is 0 Å². The van der Waals surface area contributed by atoms with E-state index in [9.17, 15) is 0 Å². The van der Waals surface area contributed by atoms with E-state index in [2.05, 4.69) is 0 Å². The van der Waals surface area contributed by atoms with Gasteiger partial charge in [0.25, 0.3) is 0 Å². The second-order valence-electron chi connectivity index (χ2n) is 3.97. The van der Waals surface area contributed by atoms with Crippen molar-refractivity contribution in [2.24, 2.45) is 5.73 Å². The molecule has 3 heteroatoms. The van der Waals surface area contributed by atoms with Gasteiger partial charge in [-0.3, -0.25) is 0 Å². The van der Waals surface area contributed by atoms with E-state index < -0.39 is 0 Å². The van der Waals surface area contributed by atoms with Crippen LogP contribution in [0.25, 0.3) is 0 Å². The summed E-state index contributed by atoms with van der Waals surface area (Å²) < 4.78 is 10.9. The van der Waals surface area contributed by atoms with Gasteiger partial charge in [-0.05, 0) is 18.4 Å².